The Morgan fingerprint density at radius 2 is 1.59 bits per heavy atom. The molecular weight excluding hydrogens is 576 g/mol. The van der Waals surface area contributed by atoms with Crippen molar-refractivity contribution in [1.29, 1.82) is 0 Å². The number of urea groups is 1. The molecule has 1 saturated carbocycles. The molecule has 2 heterocycles. The molecule has 0 unspecified atom stereocenters. The van der Waals surface area contributed by atoms with Crippen molar-refractivity contribution >= 4 is 29.0 Å². The number of nitrogens with one attached hydrogen (secondary N) is 1. The Balaban J connectivity index is 1.22. The summed E-state index contributed by atoms with van der Waals surface area (Å²) in [5, 5.41) is 3.32. The Bertz CT molecular complexity index is 1490. The van der Waals surface area contributed by atoms with Crippen molar-refractivity contribution in [3.63, 3.8) is 0 Å². The summed E-state index contributed by atoms with van der Waals surface area (Å²) in [6, 6.07) is 23.5. The minimum absolute atomic E-state index is 0.0371. The molecule has 3 N–H and O–H groups in total. The summed E-state index contributed by atoms with van der Waals surface area (Å²) in [7, 11) is 0. The van der Waals surface area contributed by atoms with Crippen LogP contribution in [0.2, 0.25) is 0 Å². The highest BCUT2D eigenvalue weighted by Crippen LogP contribution is 2.35. The minimum atomic E-state index is 0.0371. The van der Waals surface area contributed by atoms with Crippen molar-refractivity contribution < 1.29 is 14.3 Å². The van der Waals surface area contributed by atoms with Gasteiger partial charge in [0, 0.05) is 64.0 Å². The number of morpholine rings is 1. The summed E-state index contributed by atoms with van der Waals surface area (Å²) < 4.78 is 5.46. The van der Waals surface area contributed by atoms with E-state index in [1.54, 1.807) is 0 Å². The quantitative estimate of drug-likeness (QED) is 0.317. The van der Waals surface area contributed by atoms with Crippen molar-refractivity contribution in [2.24, 2.45) is 11.7 Å². The lowest BCUT2D eigenvalue weighted by Crippen LogP contribution is -2.48. The van der Waals surface area contributed by atoms with Gasteiger partial charge in [-0.3, -0.25) is 4.79 Å². The van der Waals surface area contributed by atoms with Crippen molar-refractivity contribution in [3.05, 3.63) is 77.9 Å². The van der Waals surface area contributed by atoms with Crippen LogP contribution in [-0.4, -0.2) is 87.3 Å². The van der Waals surface area contributed by atoms with Gasteiger partial charge in [-0.1, -0.05) is 48.9 Å². The Morgan fingerprint density at radius 3 is 2.28 bits per heavy atom. The Labute approximate surface area is 273 Å². The SMILES string of the molecule is Cc1ccccc1N1CCN(c2ccc(-c3cccc(CN(CCCN)C(=O)N4CCOCC4)c3)cc2NC(=O)C2CCC2)CC1. The number of rotatable bonds is 10. The number of piperazine rings is 1. The van der Waals surface area contributed by atoms with Crippen LogP contribution in [0.5, 0.6) is 0 Å². The smallest absolute Gasteiger partial charge is 0.320 e. The number of ether oxygens (including phenoxy) is 1. The highest BCUT2D eigenvalue weighted by atomic mass is 16.5. The second-order valence-electron chi connectivity index (χ2n) is 12.8. The number of nitrogens with two attached hydrogens (primary N) is 1. The van der Waals surface area contributed by atoms with Crippen molar-refractivity contribution in [2.75, 3.05) is 80.7 Å². The van der Waals surface area contributed by atoms with Gasteiger partial charge >= 0.3 is 6.03 Å². The molecule has 46 heavy (non-hydrogen) atoms. The number of nitrogens with zero attached hydrogens (tertiary/aromatic N) is 4. The number of carbonyl (C=O) groups is 2. The van der Waals surface area contributed by atoms with Crippen LogP contribution < -0.4 is 20.9 Å². The topological polar surface area (TPSA) is 94.4 Å². The molecule has 244 valence electrons. The molecule has 0 bridgehead atoms. The molecular formula is C37H48N6O3. The average molecular weight is 625 g/mol. The molecule has 0 radical (unpaired) electrons. The lowest BCUT2D eigenvalue weighted by Gasteiger charge is -2.39. The second kappa shape index (κ2) is 15.0. The van der Waals surface area contributed by atoms with E-state index in [-0.39, 0.29) is 17.9 Å². The van der Waals surface area contributed by atoms with Crippen LogP contribution in [0, 0.1) is 12.8 Å². The summed E-state index contributed by atoms with van der Waals surface area (Å²) in [6.07, 6.45) is 3.79. The number of carbonyl (C=O) groups excluding carboxylic acids is 2. The van der Waals surface area contributed by atoms with E-state index in [4.69, 9.17) is 10.5 Å². The maximum Gasteiger partial charge on any atom is 0.320 e. The van der Waals surface area contributed by atoms with Gasteiger partial charge in [-0.05, 0) is 79.3 Å². The van der Waals surface area contributed by atoms with Gasteiger partial charge in [0.2, 0.25) is 5.91 Å². The molecule has 3 aromatic rings. The van der Waals surface area contributed by atoms with E-state index in [1.807, 2.05) is 9.80 Å². The van der Waals surface area contributed by atoms with Gasteiger partial charge in [0.25, 0.3) is 0 Å². The summed E-state index contributed by atoms with van der Waals surface area (Å²) in [5.74, 6) is 0.218. The molecule has 9 nitrogen and oxygen atoms in total. The van der Waals surface area contributed by atoms with E-state index < -0.39 is 0 Å². The first kappa shape index (κ1) is 31.9. The van der Waals surface area contributed by atoms with Crippen LogP contribution in [0.15, 0.2) is 66.7 Å². The standard InChI is InChI=1S/C37H48N6O3/c1-28-7-2-3-12-34(28)40-17-19-41(20-18-40)35-14-13-32(26-33(35)39-36(44)30-9-5-10-30)31-11-4-8-29(25-31)27-43(16-6-15-38)37(45)42-21-23-46-24-22-42/h2-4,7-8,11-14,25-26,30H,5-6,9-10,15-24,27,38H2,1H3,(H,39,44). The van der Waals surface area contributed by atoms with E-state index in [0.717, 1.165) is 79.9 Å². The first-order valence-corrected chi connectivity index (χ1v) is 16.9. The largest absolute Gasteiger partial charge is 0.378 e. The molecule has 3 amide bonds. The van der Waals surface area contributed by atoms with Crippen LogP contribution >= 0.6 is 0 Å². The first-order chi connectivity index (χ1) is 22.5. The molecule has 2 saturated heterocycles. The zero-order valence-corrected chi connectivity index (χ0v) is 27.1. The summed E-state index contributed by atoms with van der Waals surface area (Å²) in [4.78, 5) is 35.3. The molecule has 3 aromatic carbocycles. The van der Waals surface area contributed by atoms with Crippen LogP contribution in [0.4, 0.5) is 21.9 Å². The minimum Gasteiger partial charge on any atom is -0.378 e. The van der Waals surface area contributed by atoms with Crippen LogP contribution in [0.1, 0.15) is 36.8 Å². The maximum atomic E-state index is 13.4. The monoisotopic (exact) mass is 624 g/mol. The number of amides is 3. The predicted molar refractivity (Wildman–Crippen MR) is 185 cm³/mol. The van der Waals surface area contributed by atoms with E-state index >= 15 is 0 Å². The molecule has 3 fully saturated rings. The van der Waals surface area contributed by atoms with Crippen LogP contribution in [-0.2, 0) is 16.1 Å². The summed E-state index contributed by atoms with van der Waals surface area (Å²) >= 11 is 0. The highest BCUT2D eigenvalue weighted by Gasteiger charge is 2.28. The highest BCUT2D eigenvalue weighted by molar-refractivity contribution is 5.97. The van der Waals surface area contributed by atoms with Crippen molar-refractivity contribution in [2.45, 2.75) is 39.2 Å². The number of anilines is 3. The lowest BCUT2D eigenvalue weighted by atomic mass is 9.85. The van der Waals surface area contributed by atoms with Gasteiger partial charge < -0.3 is 35.4 Å². The normalized spacial score (nSPS) is 17.0. The number of benzene rings is 3. The molecule has 1 aliphatic carbocycles. The fourth-order valence-corrected chi connectivity index (χ4v) is 6.65. The molecule has 0 aromatic heterocycles. The maximum absolute atomic E-state index is 13.4. The Kier molecular flexibility index (Phi) is 10.4. The molecule has 0 spiro atoms. The summed E-state index contributed by atoms with van der Waals surface area (Å²) in [5.41, 5.74) is 13.5. The third kappa shape index (κ3) is 7.48. The van der Waals surface area contributed by atoms with Crippen LogP contribution in [0.25, 0.3) is 11.1 Å². The molecule has 2 aliphatic heterocycles. The van der Waals surface area contributed by atoms with Gasteiger partial charge in [0.15, 0.2) is 0 Å². The van der Waals surface area contributed by atoms with E-state index in [1.165, 1.54) is 11.3 Å². The van der Waals surface area contributed by atoms with Crippen molar-refractivity contribution in [1.82, 2.24) is 9.80 Å². The van der Waals surface area contributed by atoms with Gasteiger partial charge in [-0.15, -0.1) is 0 Å². The zero-order chi connectivity index (χ0) is 31.9. The zero-order valence-electron chi connectivity index (χ0n) is 27.1. The molecule has 0 atom stereocenters. The predicted octanol–water partition coefficient (Wildman–Crippen LogP) is 5.33. The van der Waals surface area contributed by atoms with E-state index in [2.05, 4.69) is 88.8 Å². The second-order valence-corrected chi connectivity index (χ2v) is 12.8. The number of aryl methyl sites for hydroxylation is 1. The average Bonchev–Trinajstić information content (AvgIpc) is 3.06. The van der Waals surface area contributed by atoms with Crippen LogP contribution in [0.3, 0.4) is 0 Å². The van der Waals surface area contributed by atoms with Gasteiger partial charge in [-0.25, -0.2) is 4.79 Å². The van der Waals surface area contributed by atoms with E-state index in [9.17, 15) is 9.59 Å². The third-order valence-electron chi connectivity index (χ3n) is 9.62. The van der Waals surface area contributed by atoms with E-state index in [0.29, 0.717) is 45.9 Å². The van der Waals surface area contributed by atoms with Gasteiger partial charge in [0.05, 0.1) is 24.6 Å². The summed E-state index contributed by atoms with van der Waals surface area (Å²) in [6.45, 7) is 9.81. The Hall–Kier alpha value is -4.08. The number of hydrogen-bond donors (Lipinski definition) is 2. The molecule has 6 rings (SSSR count). The van der Waals surface area contributed by atoms with Gasteiger partial charge in [-0.2, -0.15) is 0 Å². The van der Waals surface area contributed by atoms with Gasteiger partial charge in [0.1, 0.15) is 0 Å². The Morgan fingerprint density at radius 1 is 0.870 bits per heavy atom. The molecule has 9 heteroatoms. The fraction of sp³-hybridized carbons (Fsp3) is 0.459. The first-order valence-electron chi connectivity index (χ1n) is 16.9. The number of hydrogen-bond acceptors (Lipinski definition) is 6. The fourth-order valence-electron chi connectivity index (χ4n) is 6.65. The van der Waals surface area contributed by atoms with Crippen molar-refractivity contribution in [3.8, 4) is 11.1 Å². The lowest BCUT2D eigenvalue weighted by molar-refractivity contribution is -0.122. The number of para-hydroxylation sites is 1. The third-order valence-corrected chi connectivity index (χ3v) is 9.62. The molecule has 3 aliphatic rings.